The fourth-order valence-electron chi connectivity index (χ4n) is 7.28. The van der Waals surface area contributed by atoms with E-state index in [2.05, 4.69) is 4.98 Å². The van der Waals surface area contributed by atoms with Crippen LogP contribution in [0.25, 0.3) is 0 Å². The molecule has 1 saturated heterocycles. The van der Waals surface area contributed by atoms with Gasteiger partial charge < -0.3 is 14.8 Å². The summed E-state index contributed by atoms with van der Waals surface area (Å²) in [6.45, 7) is -0.0785. The Morgan fingerprint density at radius 1 is 1.00 bits per heavy atom. The number of aromatic amines is 1. The van der Waals surface area contributed by atoms with Crippen molar-refractivity contribution in [3.05, 3.63) is 74.7 Å². The van der Waals surface area contributed by atoms with Gasteiger partial charge in [0.05, 0.1) is 23.3 Å². The zero-order valence-electron chi connectivity index (χ0n) is 20.1. The van der Waals surface area contributed by atoms with Gasteiger partial charge in [0.25, 0.3) is 0 Å². The van der Waals surface area contributed by atoms with Gasteiger partial charge in [0.2, 0.25) is 11.8 Å². The van der Waals surface area contributed by atoms with Gasteiger partial charge in [0, 0.05) is 22.6 Å². The van der Waals surface area contributed by atoms with Crippen LogP contribution in [0.5, 0.6) is 11.5 Å². The number of aliphatic carboxylic acids is 1. The van der Waals surface area contributed by atoms with E-state index in [1.54, 1.807) is 11.8 Å². The molecular formula is C28H24N2O6S2. The van der Waals surface area contributed by atoms with E-state index in [9.17, 15) is 19.2 Å². The molecule has 10 heteroatoms. The largest absolute Gasteiger partial charge is 0.481 e. The van der Waals surface area contributed by atoms with Crippen LogP contribution in [-0.4, -0.2) is 44.6 Å². The molecule has 3 heterocycles. The molecule has 2 saturated carbocycles. The van der Waals surface area contributed by atoms with Crippen molar-refractivity contribution in [2.24, 2.45) is 29.6 Å². The molecule has 0 spiro atoms. The van der Waals surface area contributed by atoms with Crippen LogP contribution in [0.2, 0.25) is 0 Å². The highest BCUT2D eigenvalue weighted by atomic mass is 32.2. The summed E-state index contributed by atoms with van der Waals surface area (Å²) in [4.78, 5) is 55.5. The van der Waals surface area contributed by atoms with Crippen molar-refractivity contribution in [3.63, 3.8) is 0 Å². The van der Waals surface area contributed by atoms with E-state index in [0.717, 1.165) is 27.6 Å². The Morgan fingerprint density at radius 3 is 2.50 bits per heavy atom. The molecule has 38 heavy (non-hydrogen) atoms. The Balaban J connectivity index is 1.27. The SMILES string of the molecule is O=C(O)CCN1C(=O)C2C3CC(C2C1=O)C1C3Sc2[nH]c(=O)sc2[C@@H]1c1cccc(Oc2ccccc2)c1. The van der Waals surface area contributed by atoms with Crippen molar-refractivity contribution in [2.45, 2.75) is 29.0 Å². The Morgan fingerprint density at radius 2 is 1.74 bits per heavy atom. The van der Waals surface area contributed by atoms with Crippen LogP contribution in [0.4, 0.5) is 0 Å². The highest BCUT2D eigenvalue weighted by molar-refractivity contribution is 8.00. The summed E-state index contributed by atoms with van der Waals surface area (Å²) in [6.07, 6.45) is 0.543. The van der Waals surface area contributed by atoms with E-state index in [-0.39, 0.29) is 58.6 Å². The minimum atomic E-state index is -1.03. The summed E-state index contributed by atoms with van der Waals surface area (Å²) in [6, 6.07) is 17.5. The van der Waals surface area contributed by atoms with Gasteiger partial charge in [-0.15, -0.1) is 11.8 Å². The summed E-state index contributed by atoms with van der Waals surface area (Å²) >= 11 is 2.85. The molecule has 2 N–H and O–H groups in total. The number of ether oxygens (including phenoxy) is 1. The molecule has 2 aliphatic heterocycles. The van der Waals surface area contributed by atoms with Gasteiger partial charge in [-0.1, -0.05) is 41.7 Å². The second-order valence-electron chi connectivity index (χ2n) is 10.4. The number of H-pyrrole nitrogens is 1. The van der Waals surface area contributed by atoms with Crippen LogP contribution in [0.15, 0.2) is 64.4 Å². The Labute approximate surface area is 226 Å². The van der Waals surface area contributed by atoms with Gasteiger partial charge in [-0.2, -0.15) is 0 Å². The monoisotopic (exact) mass is 548 g/mol. The first-order chi connectivity index (χ1) is 18.4. The number of carboxylic acid groups (broad SMARTS) is 1. The molecule has 3 fully saturated rings. The second kappa shape index (κ2) is 8.84. The number of imide groups is 1. The lowest BCUT2D eigenvalue weighted by Crippen LogP contribution is -2.42. The number of carbonyl (C=O) groups excluding carboxylic acids is 2. The number of nitrogens with zero attached hydrogens (tertiary/aromatic N) is 1. The van der Waals surface area contributed by atoms with Crippen LogP contribution in [0, 0.1) is 29.6 Å². The summed E-state index contributed by atoms with van der Waals surface area (Å²) in [5, 5.41) is 10.1. The van der Waals surface area contributed by atoms with Crippen molar-refractivity contribution in [1.29, 1.82) is 0 Å². The number of nitrogens with one attached hydrogen (secondary N) is 1. The maximum atomic E-state index is 13.5. The van der Waals surface area contributed by atoms with E-state index in [1.807, 2.05) is 54.6 Å². The highest BCUT2D eigenvalue weighted by Crippen LogP contribution is 2.68. The van der Waals surface area contributed by atoms with E-state index in [4.69, 9.17) is 9.84 Å². The molecule has 1 aromatic heterocycles. The highest BCUT2D eigenvalue weighted by Gasteiger charge is 2.69. The number of likely N-dealkylation sites (tertiary alicyclic amines) is 1. The Kier molecular flexibility index (Phi) is 5.52. The lowest BCUT2D eigenvalue weighted by molar-refractivity contribution is -0.142. The molecule has 2 aromatic carbocycles. The third-order valence-corrected chi connectivity index (χ3v) is 11.1. The molecule has 194 valence electrons. The number of hydrogen-bond acceptors (Lipinski definition) is 7. The first kappa shape index (κ1) is 23.7. The van der Waals surface area contributed by atoms with Gasteiger partial charge in [-0.3, -0.25) is 24.1 Å². The van der Waals surface area contributed by atoms with Crippen molar-refractivity contribution in [1.82, 2.24) is 9.88 Å². The Bertz CT molecular complexity index is 1520. The maximum absolute atomic E-state index is 13.5. The van der Waals surface area contributed by atoms with Gasteiger partial charge in [-0.25, -0.2) is 0 Å². The van der Waals surface area contributed by atoms with Crippen LogP contribution >= 0.6 is 23.1 Å². The molecule has 2 bridgehead atoms. The Hall–Kier alpha value is -3.37. The molecule has 3 aromatic rings. The molecule has 0 radical (unpaired) electrons. The summed E-state index contributed by atoms with van der Waals surface area (Å²) in [5.41, 5.74) is 1.02. The second-order valence-corrected chi connectivity index (χ2v) is 12.6. The van der Waals surface area contributed by atoms with Crippen LogP contribution < -0.4 is 9.61 Å². The summed E-state index contributed by atoms with van der Waals surface area (Å²) < 4.78 is 6.11. The third kappa shape index (κ3) is 3.57. The summed E-state index contributed by atoms with van der Waals surface area (Å²) in [5.74, 6) is -0.925. The molecule has 7 atom stereocenters. The number of para-hydroxylation sites is 1. The number of thioether (sulfide) groups is 1. The fourth-order valence-corrected chi connectivity index (χ4v) is 10.2. The zero-order valence-corrected chi connectivity index (χ0v) is 21.7. The van der Waals surface area contributed by atoms with Gasteiger partial charge in [-0.05, 0) is 54.0 Å². The van der Waals surface area contributed by atoms with E-state index < -0.39 is 17.8 Å². The molecule has 7 rings (SSSR count). The minimum absolute atomic E-state index is 0.00841. The van der Waals surface area contributed by atoms with Crippen molar-refractivity contribution < 1.29 is 24.2 Å². The number of carboxylic acids is 1. The number of thiazole rings is 1. The normalized spacial score (nSPS) is 30.7. The number of amides is 2. The lowest BCUT2D eigenvalue weighted by atomic mass is 9.68. The van der Waals surface area contributed by atoms with Gasteiger partial charge in [0.1, 0.15) is 11.5 Å². The molecule has 2 amide bonds. The van der Waals surface area contributed by atoms with Crippen LogP contribution in [0.1, 0.15) is 29.2 Å². The van der Waals surface area contributed by atoms with Crippen molar-refractivity contribution in [3.8, 4) is 11.5 Å². The van der Waals surface area contributed by atoms with E-state index in [1.165, 1.54) is 16.2 Å². The fraction of sp³-hybridized carbons (Fsp3) is 0.357. The lowest BCUT2D eigenvalue weighted by Gasteiger charge is -2.43. The first-order valence-corrected chi connectivity index (χ1v) is 14.4. The van der Waals surface area contributed by atoms with Gasteiger partial charge in [0.15, 0.2) is 0 Å². The standard InChI is InChI=1S/C28H24N2O6S2/c31-18(32)9-10-30-26(33)21-16-12-17(22(21)27(30)34)23-20(16)19(24-25(37-23)29-28(35)38-24)13-5-4-8-15(11-13)36-14-6-2-1-3-7-14/h1-8,11,16-17,19-23H,9-10,12H2,(H,29,35)(H,31,32)/t16?,17?,19-,20?,21?,22?,23?/m1/s1. The average molecular weight is 549 g/mol. The quantitative estimate of drug-likeness (QED) is 0.444. The van der Waals surface area contributed by atoms with Crippen molar-refractivity contribution >= 4 is 40.9 Å². The minimum Gasteiger partial charge on any atom is -0.481 e. The summed E-state index contributed by atoms with van der Waals surface area (Å²) in [7, 11) is 0. The average Bonchev–Trinajstić information content (AvgIpc) is 3.62. The van der Waals surface area contributed by atoms with Crippen LogP contribution in [-0.2, 0) is 14.4 Å². The predicted octanol–water partition coefficient (Wildman–Crippen LogP) is 4.18. The number of aromatic nitrogens is 1. The third-order valence-electron chi connectivity index (χ3n) is 8.56. The van der Waals surface area contributed by atoms with E-state index in [0.29, 0.717) is 5.75 Å². The zero-order chi connectivity index (χ0) is 26.1. The molecule has 6 unspecified atom stereocenters. The number of rotatable bonds is 6. The number of hydrogen-bond donors (Lipinski definition) is 2. The molecule has 8 nitrogen and oxygen atoms in total. The smallest absolute Gasteiger partial charge is 0.305 e. The first-order valence-electron chi connectivity index (χ1n) is 12.7. The van der Waals surface area contributed by atoms with Gasteiger partial charge >= 0.3 is 10.8 Å². The molecule has 4 aliphatic rings. The number of carbonyl (C=O) groups is 3. The number of benzene rings is 2. The molecular weight excluding hydrogens is 524 g/mol. The van der Waals surface area contributed by atoms with Crippen LogP contribution in [0.3, 0.4) is 0 Å². The maximum Gasteiger partial charge on any atom is 0.305 e. The molecule has 2 aliphatic carbocycles. The predicted molar refractivity (Wildman–Crippen MR) is 140 cm³/mol. The van der Waals surface area contributed by atoms with E-state index >= 15 is 0 Å². The number of fused-ring (bicyclic) bond motifs is 9. The topological polar surface area (TPSA) is 117 Å². The van der Waals surface area contributed by atoms with Crippen molar-refractivity contribution in [2.75, 3.05) is 6.54 Å².